The topological polar surface area (TPSA) is 72.7 Å². The first-order valence-electron chi connectivity index (χ1n) is 7.49. The maximum absolute atomic E-state index is 12.8. The van der Waals surface area contributed by atoms with Crippen LogP contribution < -0.4 is 5.32 Å². The van der Waals surface area contributed by atoms with E-state index in [0.717, 1.165) is 15.7 Å². The van der Waals surface area contributed by atoms with Gasteiger partial charge in [-0.25, -0.2) is 0 Å². The number of tetrazole rings is 1. The minimum Gasteiger partial charge on any atom is -0.322 e. The number of aromatic nitrogens is 4. The van der Waals surface area contributed by atoms with Crippen molar-refractivity contribution in [3.05, 3.63) is 64.4 Å². The largest absolute Gasteiger partial charge is 0.322 e. The van der Waals surface area contributed by atoms with Crippen LogP contribution in [0, 0.1) is 0 Å². The van der Waals surface area contributed by atoms with Crippen molar-refractivity contribution in [1.29, 1.82) is 0 Å². The van der Waals surface area contributed by atoms with Gasteiger partial charge in [-0.15, -0.1) is 5.10 Å². The molecule has 3 aromatic rings. The van der Waals surface area contributed by atoms with Crippen LogP contribution in [0.1, 0.15) is 35.7 Å². The number of anilines is 1. The molecule has 0 radical (unpaired) electrons. The van der Waals surface area contributed by atoms with Crippen LogP contribution in [0.3, 0.4) is 0 Å². The molecule has 122 valence electrons. The fourth-order valence-electron chi connectivity index (χ4n) is 2.47. The third-order valence-electron chi connectivity index (χ3n) is 3.63. The molecule has 0 atom stereocenters. The normalized spacial score (nSPS) is 10.8. The second-order valence-corrected chi connectivity index (χ2v) is 6.53. The second-order valence-electron chi connectivity index (χ2n) is 5.61. The van der Waals surface area contributed by atoms with Crippen LogP contribution in [-0.4, -0.2) is 26.1 Å². The minimum atomic E-state index is -0.213. The lowest BCUT2D eigenvalue weighted by Crippen LogP contribution is -2.16. The Morgan fingerprint density at radius 1 is 1.21 bits per heavy atom. The number of carbonyl (C=O) groups is 1. The number of rotatable bonds is 4. The number of halogens is 1. The number of para-hydroxylation sites is 1. The van der Waals surface area contributed by atoms with Crippen LogP contribution in [-0.2, 0) is 0 Å². The van der Waals surface area contributed by atoms with Gasteiger partial charge < -0.3 is 5.32 Å². The number of nitrogens with zero attached hydrogens (tertiary/aromatic N) is 4. The predicted molar refractivity (Wildman–Crippen MR) is 95.3 cm³/mol. The van der Waals surface area contributed by atoms with Crippen LogP contribution in [0.2, 0.25) is 0 Å². The van der Waals surface area contributed by atoms with E-state index in [2.05, 4.69) is 50.6 Å². The molecule has 0 saturated carbocycles. The summed E-state index contributed by atoms with van der Waals surface area (Å²) in [7, 11) is 0. The summed E-state index contributed by atoms with van der Waals surface area (Å²) in [5.74, 6) is 0.0953. The quantitative estimate of drug-likeness (QED) is 0.740. The van der Waals surface area contributed by atoms with E-state index in [1.54, 1.807) is 12.1 Å². The Balaban J connectivity index is 1.98. The number of benzene rings is 2. The second kappa shape index (κ2) is 6.92. The molecule has 1 heterocycles. The van der Waals surface area contributed by atoms with E-state index in [-0.39, 0.29) is 5.91 Å². The highest BCUT2D eigenvalue weighted by atomic mass is 79.9. The first-order valence-corrected chi connectivity index (χ1v) is 8.28. The van der Waals surface area contributed by atoms with Crippen molar-refractivity contribution in [1.82, 2.24) is 20.2 Å². The molecule has 1 amide bonds. The number of hydrogen-bond donors (Lipinski definition) is 1. The minimum absolute atomic E-state index is 0.213. The molecule has 2 aromatic carbocycles. The molecule has 3 rings (SSSR count). The lowest BCUT2D eigenvalue weighted by Gasteiger charge is -2.15. The fourth-order valence-corrected chi connectivity index (χ4v) is 2.83. The Morgan fingerprint density at radius 3 is 2.71 bits per heavy atom. The van der Waals surface area contributed by atoms with E-state index in [1.165, 1.54) is 11.0 Å². The van der Waals surface area contributed by atoms with Gasteiger partial charge in [-0.05, 0) is 46.2 Å². The smallest absolute Gasteiger partial charge is 0.257 e. The summed E-state index contributed by atoms with van der Waals surface area (Å²) in [5.41, 5.74) is 2.99. The zero-order valence-corrected chi connectivity index (χ0v) is 14.9. The van der Waals surface area contributed by atoms with Gasteiger partial charge in [-0.3, -0.25) is 4.79 Å². The molecule has 0 unspecified atom stereocenters. The first kappa shape index (κ1) is 16.3. The summed E-state index contributed by atoms with van der Waals surface area (Å²) >= 11 is 3.41. The van der Waals surface area contributed by atoms with Gasteiger partial charge in [0, 0.05) is 10.2 Å². The summed E-state index contributed by atoms with van der Waals surface area (Å²) in [4.78, 5) is 12.8. The third-order valence-corrected chi connectivity index (χ3v) is 4.12. The Kier molecular flexibility index (Phi) is 4.71. The molecule has 0 spiro atoms. The lowest BCUT2D eigenvalue weighted by atomic mass is 10.0. The summed E-state index contributed by atoms with van der Waals surface area (Å²) in [6.07, 6.45) is 1.46. The molecular formula is C17H16BrN5O. The van der Waals surface area contributed by atoms with Gasteiger partial charge in [0.15, 0.2) is 0 Å². The molecule has 24 heavy (non-hydrogen) atoms. The molecule has 0 bridgehead atoms. The Bertz CT molecular complexity index is 861. The number of carbonyl (C=O) groups excluding carboxylic acids is 1. The summed E-state index contributed by atoms with van der Waals surface area (Å²) < 4.78 is 2.28. The van der Waals surface area contributed by atoms with Crippen molar-refractivity contribution in [2.24, 2.45) is 0 Å². The fraction of sp³-hybridized carbons (Fsp3) is 0.176. The average Bonchev–Trinajstić information content (AvgIpc) is 3.09. The van der Waals surface area contributed by atoms with E-state index in [1.807, 2.05) is 30.3 Å². The molecule has 0 fully saturated rings. The summed E-state index contributed by atoms with van der Waals surface area (Å²) in [5, 5.41) is 14.1. The number of amides is 1. The predicted octanol–water partition coefficient (Wildman–Crippen LogP) is 3.80. The molecular weight excluding hydrogens is 370 g/mol. The van der Waals surface area contributed by atoms with Crippen molar-refractivity contribution < 1.29 is 4.79 Å². The number of nitrogens with one attached hydrogen (secondary N) is 1. The van der Waals surface area contributed by atoms with Crippen LogP contribution in [0.5, 0.6) is 0 Å². The van der Waals surface area contributed by atoms with E-state index in [0.29, 0.717) is 17.2 Å². The maximum Gasteiger partial charge on any atom is 0.257 e. The monoisotopic (exact) mass is 385 g/mol. The highest BCUT2D eigenvalue weighted by molar-refractivity contribution is 9.10. The molecule has 0 aliphatic heterocycles. The third kappa shape index (κ3) is 3.35. The van der Waals surface area contributed by atoms with Gasteiger partial charge in [0.05, 0.1) is 11.3 Å². The lowest BCUT2D eigenvalue weighted by molar-refractivity contribution is 0.102. The van der Waals surface area contributed by atoms with Crippen molar-refractivity contribution in [3.63, 3.8) is 0 Å². The molecule has 7 heteroatoms. The number of hydrogen-bond acceptors (Lipinski definition) is 4. The van der Waals surface area contributed by atoms with E-state index in [4.69, 9.17) is 0 Å². The van der Waals surface area contributed by atoms with Crippen LogP contribution in [0.15, 0.2) is 53.3 Å². The zero-order chi connectivity index (χ0) is 17.1. The zero-order valence-electron chi connectivity index (χ0n) is 13.3. The molecule has 0 saturated heterocycles. The van der Waals surface area contributed by atoms with Crippen molar-refractivity contribution in [3.8, 4) is 5.69 Å². The van der Waals surface area contributed by atoms with E-state index in [9.17, 15) is 4.79 Å². The Labute approximate surface area is 148 Å². The average molecular weight is 386 g/mol. The highest BCUT2D eigenvalue weighted by Gasteiger charge is 2.16. The van der Waals surface area contributed by atoms with Crippen molar-refractivity contribution >= 4 is 27.5 Å². The van der Waals surface area contributed by atoms with Gasteiger partial charge in [0.1, 0.15) is 6.33 Å². The van der Waals surface area contributed by atoms with E-state index < -0.39 is 0 Å². The SMILES string of the molecule is CC(C)c1ccccc1NC(=O)c1cc(Br)ccc1-n1cnnn1. The highest BCUT2D eigenvalue weighted by Crippen LogP contribution is 2.26. The maximum atomic E-state index is 12.8. The molecule has 6 nitrogen and oxygen atoms in total. The Hall–Kier alpha value is -2.54. The van der Waals surface area contributed by atoms with Gasteiger partial charge in [-0.1, -0.05) is 48.0 Å². The van der Waals surface area contributed by atoms with Crippen LogP contribution in [0.25, 0.3) is 5.69 Å². The molecule has 0 aliphatic carbocycles. The van der Waals surface area contributed by atoms with Gasteiger partial charge in [0.2, 0.25) is 0 Å². The Morgan fingerprint density at radius 2 is 2.00 bits per heavy atom. The van der Waals surface area contributed by atoms with Crippen molar-refractivity contribution in [2.45, 2.75) is 19.8 Å². The molecule has 0 aliphatic rings. The van der Waals surface area contributed by atoms with E-state index >= 15 is 0 Å². The summed E-state index contributed by atoms with van der Waals surface area (Å²) in [6.45, 7) is 4.19. The van der Waals surface area contributed by atoms with Gasteiger partial charge in [-0.2, -0.15) is 4.68 Å². The molecule has 1 aromatic heterocycles. The first-order chi connectivity index (χ1) is 11.6. The standard InChI is InChI=1S/C17H16BrN5O/c1-11(2)13-5-3-4-6-15(13)20-17(24)14-9-12(18)7-8-16(14)23-10-19-21-22-23/h3-11H,1-2H3,(H,20,24). The van der Waals surface area contributed by atoms with Crippen LogP contribution in [0.4, 0.5) is 5.69 Å². The van der Waals surface area contributed by atoms with Crippen LogP contribution >= 0.6 is 15.9 Å². The summed E-state index contributed by atoms with van der Waals surface area (Å²) in [6, 6.07) is 13.2. The van der Waals surface area contributed by atoms with Gasteiger partial charge in [0.25, 0.3) is 5.91 Å². The molecule has 1 N–H and O–H groups in total. The van der Waals surface area contributed by atoms with Gasteiger partial charge >= 0.3 is 0 Å². The van der Waals surface area contributed by atoms with Crippen molar-refractivity contribution in [2.75, 3.05) is 5.32 Å².